The number of aryl methyl sites for hydroxylation is 1. The van der Waals surface area contributed by atoms with Gasteiger partial charge in [0.25, 0.3) is 0 Å². The highest BCUT2D eigenvalue weighted by Gasteiger charge is 2.16. The maximum atomic E-state index is 12.3. The van der Waals surface area contributed by atoms with Crippen LogP contribution in [0.5, 0.6) is 0 Å². The molecule has 0 spiro atoms. The summed E-state index contributed by atoms with van der Waals surface area (Å²) in [5, 5.41) is 0. The van der Waals surface area contributed by atoms with E-state index in [0.717, 1.165) is 25.0 Å². The lowest BCUT2D eigenvalue weighted by molar-refractivity contribution is -0.131. The van der Waals surface area contributed by atoms with Gasteiger partial charge in [0, 0.05) is 50.2 Å². The quantitative estimate of drug-likeness (QED) is 0.789. The van der Waals surface area contributed by atoms with E-state index >= 15 is 0 Å². The van der Waals surface area contributed by atoms with Crippen molar-refractivity contribution in [1.29, 1.82) is 0 Å². The summed E-state index contributed by atoms with van der Waals surface area (Å²) in [6.07, 6.45) is 8.51. The molecule has 0 saturated heterocycles. The molecule has 1 atom stereocenters. The molecule has 2 rings (SSSR count). The molecule has 0 aromatic carbocycles. The lowest BCUT2D eigenvalue weighted by atomic mass is 10.1. The number of aromatic nitrogens is 2. The zero-order valence-electron chi connectivity index (χ0n) is 13.3. The Bertz CT molecular complexity index is 571. The first-order valence-electron chi connectivity index (χ1n) is 7.71. The second-order valence-electron chi connectivity index (χ2n) is 5.59. The lowest BCUT2D eigenvalue weighted by Crippen LogP contribution is -2.36. The second kappa shape index (κ2) is 8.27. The van der Waals surface area contributed by atoms with E-state index in [-0.39, 0.29) is 11.9 Å². The van der Waals surface area contributed by atoms with Gasteiger partial charge in [-0.1, -0.05) is 6.07 Å². The van der Waals surface area contributed by atoms with E-state index in [1.165, 1.54) is 5.56 Å². The highest BCUT2D eigenvalue weighted by molar-refractivity contribution is 5.76. The number of hydrogen-bond acceptors (Lipinski definition) is 3. The molecular formula is C18H23N3O. The topological polar surface area (TPSA) is 46.1 Å². The van der Waals surface area contributed by atoms with Crippen molar-refractivity contribution in [2.45, 2.75) is 38.6 Å². The normalized spacial score (nSPS) is 11.9. The zero-order valence-corrected chi connectivity index (χ0v) is 13.3. The number of pyridine rings is 2. The van der Waals surface area contributed by atoms with Crippen LogP contribution >= 0.6 is 0 Å². The molecule has 4 nitrogen and oxygen atoms in total. The van der Waals surface area contributed by atoms with Crippen molar-refractivity contribution in [3.05, 3.63) is 60.2 Å². The summed E-state index contributed by atoms with van der Waals surface area (Å²) in [6, 6.07) is 10.0. The SMILES string of the molecule is CC(Cc1ccccn1)N(C)C(=O)CCCc1ccncc1. The van der Waals surface area contributed by atoms with Crippen molar-refractivity contribution in [2.24, 2.45) is 0 Å². The molecule has 1 unspecified atom stereocenters. The van der Waals surface area contributed by atoms with Gasteiger partial charge in [0.2, 0.25) is 5.91 Å². The summed E-state index contributed by atoms with van der Waals surface area (Å²) in [7, 11) is 1.88. The molecule has 0 aliphatic carbocycles. The number of amides is 1. The van der Waals surface area contributed by atoms with Gasteiger partial charge in [0.05, 0.1) is 0 Å². The van der Waals surface area contributed by atoms with E-state index in [1.807, 2.05) is 42.3 Å². The van der Waals surface area contributed by atoms with Crippen molar-refractivity contribution in [3.8, 4) is 0 Å². The third-order valence-electron chi connectivity index (χ3n) is 3.89. The Balaban J connectivity index is 1.76. The fourth-order valence-corrected chi connectivity index (χ4v) is 2.37. The number of carbonyl (C=O) groups excluding carboxylic acids is 1. The first-order chi connectivity index (χ1) is 10.7. The summed E-state index contributed by atoms with van der Waals surface area (Å²) in [6.45, 7) is 2.06. The van der Waals surface area contributed by atoms with Crippen LogP contribution in [0, 0.1) is 0 Å². The second-order valence-corrected chi connectivity index (χ2v) is 5.59. The van der Waals surface area contributed by atoms with Crippen LogP contribution in [0.25, 0.3) is 0 Å². The van der Waals surface area contributed by atoms with Crippen LogP contribution in [0.3, 0.4) is 0 Å². The number of rotatable bonds is 7. The van der Waals surface area contributed by atoms with Gasteiger partial charge in [-0.15, -0.1) is 0 Å². The molecule has 0 saturated carbocycles. The fraction of sp³-hybridized carbons (Fsp3) is 0.389. The number of nitrogens with zero attached hydrogens (tertiary/aromatic N) is 3. The minimum atomic E-state index is 0.156. The van der Waals surface area contributed by atoms with Gasteiger partial charge >= 0.3 is 0 Å². The van der Waals surface area contributed by atoms with Crippen molar-refractivity contribution in [2.75, 3.05) is 7.05 Å². The summed E-state index contributed by atoms with van der Waals surface area (Å²) in [4.78, 5) is 22.4. The molecule has 4 heteroatoms. The standard InChI is InChI=1S/C18H23N3O/c1-15(14-17-7-3-4-11-20-17)21(2)18(22)8-5-6-16-9-12-19-13-10-16/h3-4,7,9-13,15H,5-6,8,14H2,1-2H3. The fourth-order valence-electron chi connectivity index (χ4n) is 2.37. The smallest absolute Gasteiger partial charge is 0.222 e. The van der Waals surface area contributed by atoms with E-state index in [1.54, 1.807) is 18.6 Å². The summed E-state index contributed by atoms with van der Waals surface area (Å²) in [5.74, 6) is 0.192. The summed E-state index contributed by atoms with van der Waals surface area (Å²) >= 11 is 0. The van der Waals surface area contributed by atoms with Gasteiger partial charge in [0.15, 0.2) is 0 Å². The molecule has 0 aliphatic rings. The Labute approximate surface area is 132 Å². The van der Waals surface area contributed by atoms with Gasteiger partial charge < -0.3 is 4.90 Å². The average molecular weight is 297 g/mol. The van der Waals surface area contributed by atoms with Crippen LogP contribution in [0.1, 0.15) is 31.0 Å². The maximum Gasteiger partial charge on any atom is 0.222 e. The Morgan fingerprint density at radius 1 is 1.18 bits per heavy atom. The highest BCUT2D eigenvalue weighted by atomic mass is 16.2. The molecular weight excluding hydrogens is 274 g/mol. The molecule has 22 heavy (non-hydrogen) atoms. The largest absolute Gasteiger partial charge is 0.343 e. The van der Waals surface area contributed by atoms with Gasteiger partial charge in [-0.3, -0.25) is 14.8 Å². The molecule has 2 aromatic rings. The van der Waals surface area contributed by atoms with Crippen molar-refractivity contribution < 1.29 is 4.79 Å². The van der Waals surface area contributed by atoms with E-state index in [9.17, 15) is 4.79 Å². The van der Waals surface area contributed by atoms with Gasteiger partial charge in [-0.2, -0.15) is 0 Å². The van der Waals surface area contributed by atoms with Crippen LogP contribution in [0.2, 0.25) is 0 Å². The molecule has 0 aliphatic heterocycles. The molecule has 2 aromatic heterocycles. The monoisotopic (exact) mass is 297 g/mol. The predicted octanol–water partition coefficient (Wildman–Crippen LogP) is 2.89. The van der Waals surface area contributed by atoms with Crippen molar-refractivity contribution >= 4 is 5.91 Å². The minimum Gasteiger partial charge on any atom is -0.343 e. The van der Waals surface area contributed by atoms with E-state index in [2.05, 4.69) is 16.9 Å². The third kappa shape index (κ3) is 4.95. The minimum absolute atomic E-state index is 0.156. The van der Waals surface area contributed by atoms with E-state index in [4.69, 9.17) is 0 Å². The van der Waals surface area contributed by atoms with Crippen LogP contribution in [0.4, 0.5) is 0 Å². The summed E-state index contributed by atoms with van der Waals surface area (Å²) in [5.41, 5.74) is 2.25. The van der Waals surface area contributed by atoms with Gasteiger partial charge in [0.1, 0.15) is 0 Å². The van der Waals surface area contributed by atoms with Crippen LogP contribution in [0.15, 0.2) is 48.9 Å². The van der Waals surface area contributed by atoms with Crippen molar-refractivity contribution in [1.82, 2.24) is 14.9 Å². The third-order valence-corrected chi connectivity index (χ3v) is 3.89. The Hall–Kier alpha value is -2.23. The zero-order chi connectivity index (χ0) is 15.8. The number of carbonyl (C=O) groups is 1. The molecule has 0 N–H and O–H groups in total. The average Bonchev–Trinajstić information content (AvgIpc) is 2.56. The van der Waals surface area contributed by atoms with E-state index < -0.39 is 0 Å². The van der Waals surface area contributed by atoms with Gasteiger partial charge in [-0.25, -0.2) is 0 Å². The van der Waals surface area contributed by atoms with Crippen LogP contribution in [-0.2, 0) is 17.6 Å². The molecule has 2 heterocycles. The van der Waals surface area contributed by atoms with Gasteiger partial charge in [-0.05, 0) is 49.6 Å². The predicted molar refractivity (Wildman–Crippen MR) is 87.3 cm³/mol. The first-order valence-corrected chi connectivity index (χ1v) is 7.71. The molecule has 0 radical (unpaired) electrons. The Morgan fingerprint density at radius 3 is 2.64 bits per heavy atom. The Kier molecular flexibility index (Phi) is 6.07. The summed E-state index contributed by atoms with van der Waals surface area (Å²) < 4.78 is 0. The first kappa shape index (κ1) is 16.1. The highest BCUT2D eigenvalue weighted by Crippen LogP contribution is 2.09. The molecule has 0 bridgehead atoms. The lowest BCUT2D eigenvalue weighted by Gasteiger charge is -2.25. The van der Waals surface area contributed by atoms with E-state index in [0.29, 0.717) is 6.42 Å². The number of likely N-dealkylation sites (N-methyl/N-ethyl adjacent to an activating group) is 1. The van der Waals surface area contributed by atoms with Crippen molar-refractivity contribution in [3.63, 3.8) is 0 Å². The number of hydrogen-bond donors (Lipinski definition) is 0. The van der Waals surface area contributed by atoms with Crippen LogP contribution < -0.4 is 0 Å². The molecule has 0 fully saturated rings. The van der Waals surface area contributed by atoms with Crippen LogP contribution in [-0.4, -0.2) is 33.9 Å². The Morgan fingerprint density at radius 2 is 1.95 bits per heavy atom. The maximum absolute atomic E-state index is 12.3. The molecule has 116 valence electrons. The molecule has 1 amide bonds.